The molecule has 1 aromatic heterocycles. The molecule has 2 aromatic rings. The topological polar surface area (TPSA) is 31.9 Å². The van der Waals surface area contributed by atoms with Crippen LogP contribution in [0.25, 0.3) is 0 Å². The van der Waals surface area contributed by atoms with Crippen molar-refractivity contribution >= 4 is 0 Å². The monoisotopic (exact) mass is 411 g/mol. The molecule has 1 aliphatic heterocycles. The van der Waals surface area contributed by atoms with Crippen molar-refractivity contribution in [2.75, 3.05) is 13.1 Å². The third kappa shape index (κ3) is 5.96. The van der Waals surface area contributed by atoms with Gasteiger partial charge in [-0.2, -0.15) is 0 Å². The van der Waals surface area contributed by atoms with E-state index in [9.17, 15) is 4.39 Å². The summed E-state index contributed by atoms with van der Waals surface area (Å²) in [5, 5.41) is 0. The van der Waals surface area contributed by atoms with E-state index in [0.29, 0.717) is 11.6 Å². The van der Waals surface area contributed by atoms with Crippen LogP contribution in [0.1, 0.15) is 36.4 Å². The second kappa shape index (κ2) is 10.4. The number of H-pyrrole nitrogens is 1. The summed E-state index contributed by atoms with van der Waals surface area (Å²) in [5.41, 5.74) is 4.37. The van der Waals surface area contributed by atoms with Crippen molar-refractivity contribution in [1.82, 2.24) is 14.9 Å². The standard InChI is InChI=1S/C27H26FN3/c28-25-9-5-10-26(30-21-29-20-25)14-12-22-6-4-11-27(15-13-22)31-18-16-24(17-19-31)23-7-2-1-3-8-23/h1-3,5-11,13,15,20-21,24H,4,16-19H2,(H,29,30). The molecular formula is C27H26FN3. The van der Waals surface area contributed by atoms with Crippen LogP contribution in [0, 0.1) is 17.7 Å². The lowest BCUT2D eigenvalue weighted by Crippen LogP contribution is -2.31. The molecule has 0 amide bonds. The van der Waals surface area contributed by atoms with Crippen LogP contribution in [0.15, 0.2) is 96.6 Å². The summed E-state index contributed by atoms with van der Waals surface area (Å²) in [6.45, 7) is 2.15. The maximum atomic E-state index is 13.3. The van der Waals surface area contributed by atoms with Gasteiger partial charge in [-0.25, -0.2) is 9.37 Å². The third-order valence-corrected chi connectivity index (χ3v) is 5.58. The molecule has 1 aromatic carbocycles. The third-order valence-electron chi connectivity index (χ3n) is 5.58. The number of piperidine rings is 1. The molecule has 0 radical (unpaired) electrons. The van der Waals surface area contributed by atoms with Crippen molar-refractivity contribution in [1.29, 1.82) is 0 Å². The number of benzene rings is 1. The lowest BCUT2D eigenvalue weighted by molar-refractivity contribution is 0.269. The van der Waals surface area contributed by atoms with Crippen molar-refractivity contribution in [3.8, 4) is 11.8 Å². The van der Waals surface area contributed by atoms with E-state index >= 15 is 0 Å². The fourth-order valence-electron chi connectivity index (χ4n) is 3.90. The normalized spacial score (nSPS) is 16.4. The molecule has 0 atom stereocenters. The van der Waals surface area contributed by atoms with Gasteiger partial charge < -0.3 is 9.88 Å². The highest BCUT2D eigenvalue weighted by Gasteiger charge is 2.21. The van der Waals surface area contributed by atoms with Gasteiger partial charge >= 0.3 is 0 Å². The number of aromatic nitrogens is 2. The Morgan fingerprint density at radius 1 is 0.935 bits per heavy atom. The van der Waals surface area contributed by atoms with Gasteiger partial charge in [0.05, 0.1) is 18.2 Å². The second-order valence-corrected chi connectivity index (χ2v) is 7.66. The maximum Gasteiger partial charge on any atom is 0.141 e. The zero-order chi connectivity index (χ0) is 21.3. The summed E-state index contributed by atoms with van der Waals surface area (Å²) in [4.78, 5) is 9.30. The molecule has 2 heterocycles. The number of rotatable bonds is 2. The van der Waals surface area contributed by atoms with Crippen LogP contribution < -0.4 is 0 Å². The van der Waals surface area contributed by atoms with E-state index in [1.807, 2.05) is 0 Å². The molecule has 3 nitrogen and oxygen atoms in total. The van der Waals surface area contributed by atoms with E-state index in [0.717, 1.165) is 31.3 Å². The number of likely N-dealkylation sites (tertiary alicyclic amines) is 1. The summed E-state index contributed by atoms with van der Waals surface area (Å²) in [6, 6.07) is 15.6. The number of hydrogen-bond acceptors (Lipinski definition) is 2. The van der Waals surface area contributed by atoms with Gasteiger partial charge in [-0.15, -0.1) is 0 Å². The van der Waals surface area contributed by atoms with E-state index < -0.39 is 5.82 Å². The summed E-state index contributed by atoms with van der Waals surface area (Å²) in [5.74, 6) is 6.56. The highest BCUT2D eigenvalue weighted by molar-refractivity contribution is 5.46. The quantitative estimate of drug-likeness (QED) is 0.645. The molecule has 1 N–H and O–H groups in total. The molecule has 0 saturated carbocycles. The van der Waals surface area contributed by atoms with Crippen LogP contribution >= 0.6 is 0 Å². The van der Waals surface area contributed by atoms with Crippen LogP contribution in [0.3, 0.4) is 0 Å². The van der Waals surface area contributed by atoms with Gasteiger partial charge in [-0.1, -0.05) is 54.5 Å². The highest BCUT2D eigenvalue weighted by atomic mass is 19.1. The Bertz CT molecular complexity index is 1090. The van der Waals surface area contributed by atoms with E-state index in [4.69, 9.17) is 0 Å². The molecule has 0 unspecified atom stereocenters. The van der Waals surface area contributed by atoms with E-state index in [1.165, 1.54) is 36.5 Å². The summed E-state index contributed by atoms with van der Waals surface area (Å²) in [7, 11) is 0. The van der Waals surface area contributed by atoms with E-state index in [2.05, 4.69) is 81.3 Å². The number of halogens is 1. The van der Waals surface area contributed by atoms with Crippen molar-refractivity contribution in [3.63, 3.8) is 0 Å². The van der Waals surface area contributed by atoms with Crippen molar-refractivity contribution < 1.29 is 4.39 Å². The number of nitrogens with zero attached hydrogens (tertiary/aromatic N) is 2. The Hall–Kier alpha value is -3.58. The minimum atomic E-state index is -0.399. The Morgan fingerprint density at radius 3 is 2.61 bits per heavy atom. The average molecular weight is 412 g/mol. The van der Waals surface area contributed by atoms with Gasteiger partial charge in [0.15, 0.2) is 0 Å². The summed E-state index contributed by atoms with van der Waals surface area (Å²) in [6.07, 6.45) is 14.5. The van der Waals surface area contributed by atoms with Gasteiger partial charge in [0, 0.05) is 24.4 Å². The fraction of sp³-hybridized carbons (Fsp3) is 0.222. The molecule has 0 spiro atoms. The highest BCUT2D eigenvalue weighted by Crippen LogP contribution is 2.30. The number of aromatic amines is 1. The zero-order valence-electron chi connectivity index (χ0n) is 17.5. The summed E-state index contributed by atoms with van der Waals surface area (Å²) < 4.78 is 13.3. The molecule has 2 aliphatic rings. The minimum Gasteiger partial charge on any atom is -0.372 e. The SMILES string of the molecule is Fc1cccc(C#CC2=CCC=C(N3CCC(c4ccccc4)CC3)C=C2)[nH]cnc1. The smallest absolute Gasteiger partial charge is 0.141 e. The Labute approximate surface area is 183 Å². The molecule has 31 heavy (non-hydrogen) atoms. The van der Waals surface area contributed by atoms with Crippen LogP contribution in [-0.4, -0.2) is 28.0 Å². The first kappa shape index (κ1) is 20.7. The van der Waals surface area contributed by atoms with Gasteiger partial charge in [0.1, 0.15) is 5.82 Å². The molecule has 0 bridgehead atoms. The Balaban J connectivity index is 1.39. The average Bonchev–Trinajstić information content (AvgIpc) is 3.00. The molecule has 156 valence electrons. The zero-order valence-corrected chi connectivity index (χ0v) is 17.5. The maximum absolute atomic E-state index is 13.3. The first-order chi connectivity index (χ1) is 15.3. The van der Waals surface area contributed by atoms with Crippen LogP contribution in [0.2, 0.25) is 0 Å². The van der Waals surface area contributed by atoms with Crippen LogP contribution in [0.5, 0.6) is 0 Å². The molecule has 1 saturated heterocycles. The molecule has 4 rings (SSSR count). The molecular weight excluding hydrogens is 385 g/mol. The number of nitrogens with one attached hydrogen (secondary N) is 1. The lowest BCUT2D eigenvalue weighted by Gasteiger charge is -2.34. The van der Waals surface area contributed by atoms with Crippen molar-refractivity contribution in [3.05, 3.63) is 114 Å². The number of allylic oxidation sites excluding steroid dienone is 5. The Morgan fingerprint density at radius 2 is 1.77 bits per heavy atom. The Kier molecular flexibility index (Phi) is 6.97. The van der Waals surface area contributed by atoms with E-state index in [1.54, 1.807) is 12.1 Å². The summed E-state index contributed by atoms with van der Waals surface area (Å²) >= 11 is 0. The first-order valence-electron chi connectivity index (χ1n) is 10.7. The van der Waals surface area contributed by atoms with Gasteiger partial charge in [-0.05, 0) is 60.9 Å². The van der Waals surface area contributed by atoms with Crippen molar-refractivity contribution in [2.45, 2.75) is 25.2 Å². The second-order valence-electron chi connectivity index (χ2n) is 7.66. The molecule has 4 heteroatoms. The lowest BCUT2D eigenvalue weighted by atomic mass is 9.89. The minimum absolute atomic E-state index is 0.399. The van der Waals surface area contributed by atoms with Gasteiger partial charge in [0.25, 0.3) is 0 Å². The fourth-order valence-corrected chi connectivity index (χ4v) is 3.90. The van der Waals surface area contributed by atoms with Crippen LogP contribution in [-0.2, 0) is 0 Å². The number of hydrogen-bond donors (Lipinski definition) is 1. The first-order valence-corrected chi connectivity index (χ1v) is 10.7. The predicted molar refractivity (Wildman–Crippen MR) is 123 cm³/mol. The van der Waals surface area contributed by atoms with E-state index in [-0.39, 0.29) is 0 Å². The predicted octanol–water partition coefficient (Wildman–Crippen LogP) is 5.67. The van der Waals surface area contributed by atoms with Crippen LogP contribution in [0.4, 0.5) is 4.39 Å². The van der Waals surface area contributed by atoms with Crippen molar-refractivity contribution in [2.24, 2.45) is 0 Å². The molecule has 1 aliphatic carbocycles. The molecule has 1 fully saturated rings. The van der Waals surface area contributed by atoms with Gasteiger partial charge in [-0.3, -0.25) is 0 Å². The van der Waals surface area contributed by atoms with Gasteiger partial charge in [0.2, 0.25) is 0 Å². The largest absolute Gasteiger partial charge is 0.372 e.